The Morgan fingerprint density at radius 2 is 1.39 bits per heavy atom. The van der Waals surface area contributed by atoms with Gasteiger partial charge in [-0.3, -0.25) is 4.57 Å². The highest BCUT2D eigenvalue weighted by atomic mass is 16.3. The molecule has 0 N–H and O–H groups in total. The van der Waals surface area contributed by atoms with Gasteiger partial charge in [-0.1, -0.05) is 82.3 Å². The van der Waals surface area contributed by atoms with Crippen molar-refractivity contribution in [2.45, 2.75) is 39.5 Å². The second kappa shape index (κ2) is 11.1. The van der Waals surface area contributed by atoms with Crippen LogP contribution in [0.2, 0.25) is 0 Å². The summed E-state index contributed by atoms with van der Waals surface area (Å²) in [6.45, 7) is 9.06. The van der Waals surface area contributed by atoms with Crippen molar-refractivity contribution in [1.82, 2.24) is 24.5 Å². The lowest BCUT2D eigenvalue weighted by Gasteiger charge is -2.24. The number of rotatable bonds is 5. The number of furan rings is 2. The van der Waals surface area contributed by atoms with Gasteiger partial charge in [0.2, 0.25) is 5.71 Å². The number of benzene rings is 5. The molecule has 0 fully saturated rings. The van der Waals surface area contributed by atoms with E-state index in [1.165, 1.54) is 22.3 Å². The van der Waals surface area contributed by atoms with Crippen molar-refractivity contribution in [2.75, 3.05) is 0 Å². The van der Waals surface area contributed by atoms with Crippen molar-refractivity contribution >= 4 is 66.1 Å². The summed E-state index contributed by atoms with van der Waals surface area (Å²) in [6, 6.07) is 35.7. The van der Waals surface area contributed by atoms with Crippen molar-refractivity contribution in [3.63, 3.8) is 0 Å². The highest BCUT2D eigenvalue weighted by Gasteiger charge is 2.27. The maximum Gasteiger partial charge on any atom is 0.228 e. The molecule has 10 aromatic rings. The number of fused-ring (bicyclic) bond motifs is 9. The molecule has 0 unspecified atom stereocenters. The van der Waals surface area contributed by atoms with E-state index >= 15 is 0 Å². The van der Waals surface area contributed by atoms with E-state index in [9.17, 15) is 0 Å². The van der Waals surface area contributed by atoms with Gasteiger partial charge < -0.3 is 8.83 Å². The Labute approximate surface area is 293 Å². The van der Waals surface area contributed by atoms with Crippen LogP contribution in [-0.2, 0) is 0 Å². The molecule has 0 spiro atoms. The Balaban J connectivity index is 1.32. The predicted molar refractivity (Wildman–Crippen MR) is 206 cm³/mol. The fourth-order valence-electron chi connectivity index (χ4n) is 7.65. The molecule has 0 saturated heterocycles. The number of imidazole rings is 1. The Hall–Kier alpha value is -6.34. The molecule has 5 aromatic carbocycles. The molecule has 0 bridgehead atoms. The first-order valence-corrected chi connectivity index (χ1v) is 17.4. The molecule has 5 heterocycles. The van der Waals surface area contributed by atoms with E-state index in [0.717, 1.165) is 77.4 Å². The fourth-order valence-corrected chi connectivity index (χ4v) is 7.65. The summed E-state index contributed by atoms with van der Waals surface area (Å²) in [6.07, 6.45) is 3.49. The van der Waals surface area contributed by atoms with Crippen LogP contribution in [0, 0.1) is 0 Å². The van der Waals surface area contributed by atoms with Crippen molar-refractivity contribution in [1.29, 1.82) is 0 Å². The summed E-state index contributed by atoms with van der Waals surface area (Å²) in [5, 5.41) is 3.77. The highest BCUT2D eigenvalue weighted by molar-refractivity contribution is 6.14. The van der Waals surface area contributed by atoms with Crippen molar-refractivity contribution in [3.05, 3.63) is 127 Å². The molecule has 10 rings (SSSR count). The molecule has 51 heavy (non-hydrogen) atoms. The largest absolute Gasteiger partial charge is 0.454 e. The summed E-state index contributed by atoms with van der Waals surface area (Å²) in [7, 11) is 0. The SMILES string of the molecule is CC(C)c1cc(-c2ccccc2)cc(C(C)C)c1-n1c(-c2cccc3c2oc2nc4c(cc23)oc2ccccc24)nc2ccc3cncnc3c21. The third-order valence-corrected chi connectivity index (χ3v) is 10.1. The molecule has 0 atom stereocenters. The highest BCUT2D eigenvalue weighted by Crippen LogP contribution is 2.44. The predicted octanol–water partition coefficient (Wildman–Crippen LogP) is 11.7. The molecular weight excluding hydrogens is 631 g/mol. The Morgan fingerprint density at radius 3 is 2.20 bits per heavy atom. The van der Waals surface area contributed by atoms with Crippen LogP contribution in [0.5, 0.6) is 0 Å². The van der Waals surface area contributed by atoms with Crippen LogP contribution < -0.4 is 0 Å². The van der Waals surface area contributed by atoms with Gasteiger partial charge in [0.25, 0.3) is 0 Å². The van der Waals surface area contributed by atoms with Gasteiger partial charge in [0, 0.05) is 22.4 Å². The summed E-state index contributed by atoms with van der Waals surface area (Å²) in [5.74, 6) is 1.21. The topological polar surface area (TPSA) is 82.8 Å². The third kappa shape index (κ3) is 4.44. The number of hydrogen-bond donors (Lipinski definition) is 0. The van der Waals surface area contributed by atoms with Crippen LogP contribution in [0.15, 0.2) is 124 Å². The molecule has 0 aliphatic carbocycles. The van der Waals surface area contributed by atoms with Gasteiger partial charge in [-0.2, -0.15) is 0 Å². The van der Waals surface area contributed by atoms with E-state index in [4.69, 9.17) is 23.8 Å². The summed E-state index contributed by atoms with van der Waals surface area (Å²) >= 11 is 0. The van der Waals surface area contributed by atoms with E-state index in [1.807, 2.05) is 30.5 Å². The van der Waals surface area contributed by atoms with Gasteiger partial charge in [-0.25, -0.2) is 19.9 Å². The van der Waals surface area contributed by atoms with Gasteiger partial charge in [0.05, 0.1) is 33.2 Å². The van der Waals surface area contributed by atoms with Crippen molar-refractivity contribution < 1.29 is 8.83 Å². The molecular formula is C44H33N5O2. The van der Waals surface area contributed by atoms with Crippen molar-refractivity contribution in [2.24, 2.45) is 0 Å². The average molecular weight is 664 g/mol. The molecule has 7 nitrogen and oxygen atoms in total. The number of para-hydroxylation sites is 2. The summed E-state index contributed by atoms with van der Waals surface area (Å²) < 4.78 is 15.3. The van der Waals surface area contributed by atoms with Gasteiger partial charge >= 0.3 is 0 Å². The summed E-state index contributed by atoms with van der Waals surface area (Å²) in [5.41, 5.74) is 13.1. The molecule has 0 amide bonds. The lowest BCUT2D eigenvalue weighted by Crippen LogP contribution is -2.10. The minimum Gasteiger partial charge on any atom is -0.454 e. The third-order valence-electron chi connectivity index (χ3n) is 10.1. The molecule has 0 radical (unpaired) electrons. The lowest BCUT2D eigenvalue weighted by atomic mass is 9.88. The Bertz CT molecular complexity index is 2960. The fraction of sp³-hybridized carbons (Fsp3) is 0.136. The van der Waals surface area contributed by atoms with E-state index in [-0.39, 0.29) is 11.8 Å². The van der Waals surface area contributed by atoms with Crippen molar-refractivity contribution in [3.8, 4) is 28.2 Å². The Kier molecular flexibility index (Phi) is 6.43. The number of pyridine rings is 1. The van der Waals surface area contributed by atoms with Crippen LogP contribution >= 0.6 is 0 Å². The molecule has 0 aliphatic heterocycles. The first-order chi connectivity index (χ1) is 24.9. The Morgan fingerprint density at radius 1 is 0.627 bits per heavy atom. The molecule has 246 valence electrons. The zero-order chi connectivity index (χ0) is 34.4. The van der Waals surface area contributed by atoms with Crippen LogP contribution in [0.1, 0.15) is 50.7 Å². The quantitative estimate of drug-likeness (QED) is 0.182. The van der Waals surface area contributed by atoms with Crippen LogP contribution in [0.4, 0.5) is 0 Å². The maximum atomic E-state index is 6.74. The lowest BCUT2D eigenvalue weighted by molar-refractivity contribution is 0.652. The van der Waals surface area contributed by atoms with Gasteiger partial charge in [-0.05, 0) is 82.6 Å². The summed E-state index contributed by atoms with van der Waals surface area (Å²) in [4.78, 5) is 19.6. The van der Waals surface area contributed by atoms with Crippen LogP contribution in [0.3, 0.4) is 0 Å². The zero-order valence-electron chi connectivity index (χ0n) is 28.7. The zero-order valence-corrected chi connectivity index (χ0v) is 28.7. The number of nitrogens with zero attached hydrogens (tertiary/aromatic N) is 5. The van der Waals surface area contributed by atoms with E-state index in [0.29, 0.717) is 5.71 Å². The molecule has 0 saturated carbocycles. The van der Waals surface area contributed by atoms with Crippen LogP contribution in [-0.4, -0.2) is 24.5 Å². The first-order valence-electron chi connectivity index (χ1n) is 17.4. The number of aromatic nitrogens is 5. The molecule has 0 aliphatic rings. The smallest absolute Gasteiger partial charge is 0.228 e. The average Bonchev–Trinajstić information content (AvgIpc) is 3.84. The van der Waals surface area contributed by atoms with Gasteiger partial charge in [0.15, 0.2) is 5.58 Å². The van der Waals surface area contributed by atoms with E-state index in [1.54, 1.807) is 6.33 Å². The van der Waals surface area contributed by atoms with E-state index < -0.39 is 0 Å². The molecule has 5 aromatic heterocycles. The first kappa shape index (κ1) is 29.6. The molecule has 7 heteroatoms. The van der Waals surface area contributed by atoms with E-state index in [2.05, 4.69) is 116 Å². The van der Waals surface area contributed by atoms with Gasteiger partial charge in [0.1, 0.15) is 28.8 Å². The maximum absolute atomic E-state index is 6.74. The second-order valence-electron chi connectivity index (χ2n) is 13.9. The monoisotopic (exact) mass is 663 g/mol. The normalized spacial score (nSPS) is 12.3. The number of hydrogen-bond acceptors (Lipinski definition) is 6. The van der Waals surface area contributed by atoms with Crippen LogP contribution in [0.25, 0.3) is 94.3 Å². The minimum atomic E-state index is 0.215. The minimum absolute atomic E-state index is 0.215. The standard InChI is InChI=1S/C44H33N5O2/c1-24(2)32-19-28(26-11-6-5-7-12-26)20-33(25(3)4)40(32)49-41-35(18-17-27-22-45-23-46-38(27)41)47-43(49)31-15-10-14-29-34-21-37-39(48-44(34)51-42(29)31)30-13-8-9-16-36(30)50-37/h5-25H,1-4H3. The van der Waals surface area contributed by atoms with Gasteiger partial charge in [-0.15, -0.1) is 0 Å². The second-order valence-corrected chi connectivity index (χ2v) is 13.9.